The summed E-state index contributed by atoms with van der Waals surface area (Å²) in [5, 5.41) is 3.77. The number of urea groups is 1. The normalized spacial score (nSPS) is 19.1. The van der Waals surface area contributed by atoms with Crippen molar-refractivity contribution < 1.29 is 4.79 Å². The maximum atomic E-state index is 12.1. The van der Waals surface area contributed by atoms with Crippen molar-refractivity contribution in [3.63, 3.8) is 0 Å². The summed E-state index contributed by atoms with van der Waals surface area (Å²) in [6.45, 7) is 9.28. The Morgan fingerprint density at radius 2 is 2.05 bits per heavy atom. The van der Waals surface area contributed by atoms with Crippen LogP contribution in [0.25, 0.3) is 0 Å². The average Bonchev–Trinajstić information content (AvgIpc) is 2.68. The van der Waals surface area contributed by atoms with Crippen LogP contribution in [0.5, 0.6) is 0 Å². The molecule has 1 aliphatic rings. The van der Waals surface area contributed by atoms with Crippen LogP contribution >= 0.6 is 11.6 Å². The van der Waals surface area contributed by atoms with Gasteiger partial charge >= 0.3 is 6.03 Å². The van der Waals surface area contributed by atoms with Crippen LogP contribution in [0.2, 0.25) is 5.02 Å². The highest BCUT2D eigenvalue weighted by Crippen LogP contribution is 2.30. The second-order valence-corrected chi connectivity index (χ2v) is 6.65. The van der Waals surface area contributed by atoms with E-state index in [1.807, 2.05) is 18.2 Å². The van der Waals surface area contributed by atoms with Crippen molar-refractivity contribution in [2.45, 2.75) is 46.1 Å². The highest BCUT2D eigenvalue weighted by Gasteiger charge is 2.30. The van der Waals surface area contributed by atoms with E-state index in [1.54, 1.807) is 4.90 Å². The van der Waals surface area contributed by atoms with Crippen LogP contribution in [0.4, 0.5) is 10.5 Å². The Labute approximate surface area is 126 Å². The third-order valence-electron chi connectivity index (χ3n) is 3.65. The number of nitrogens with one attached hydrogen (secondary N) is 1. The number of carbonyl (C=O) groups excluding carboxylic acids is 1. The lowest BCUT2D eigenvalue weighted by Crippen LogP contribution is -2.29. The van der Waals surface area contributed by atoms with Gasteiger partial charge in [0.15, 0.2) is 0 Å². The molecule has 0 radical (unpaired) electrons. The Kier molecular flexibility index (Phi) is 4.59. The number of hydrogen-bond donors (Lipinski definition) is 1. The predicted molar refractivity (Wildman–Crippen MR) is 84.7 cm³/mol. The molecule has 2 amide bonds. The number of carbonyl (C=O) groups is 1. The molecule has 0 saturated carbocycles. The lowest BCUT2D eigenvalue weighted by Gasteiger charge is -2.17. The minimum Gasteiger partial charge on any atom is -0.333 e. The lowest BCUT2D eigenvalue weighted by atomic mass is 10.0. The molecule has 1 fully saturated rings. The summed E-state index contributed by atoms with van der Waals surface area (Å²) in [4.78, 5) is 13.8. The molecule has 0 bridgehead atoms. The summed E-state index contributed by atoms with van der Waals surface area (Å²) in [5.74, 6) is 0.963. The van der Waals surface area contributed by atoms with Crippen LogP contribution in [0.3, 0.4) is 0 Å². The monoisotopic (exact) mass is 294 g/mol. The Balaban J connectivity index is 2.16. The number of nitrogens with zero attached hydrogens (tertiary/aromatic N) is 1. The molecule has 2 rings (SSSR count). The van der Waals surface area contributed by atoms with Gasteiger partial charge in [-0.2, -0.15) is 0 Å². The molecule has 1 saturated heterocycles. The summed E-state index contributed by atoms with van der Waals surface area (Å²) < 4.78 is 0. The fourth-order valence-corrected chi connectivity index (χ4v) is 3.07. The van der Waals surface area contributed by atoms with Crippen molar-refractivity contribution in [2.24, 2.45) is 5.92 Å². The average molecular weight is 295 g/mol. The van der Waals surface area contributed by atoms with E-state index in [-0.39, 0.29) is 12.1 Å². The smallest absolute Gasteiger partial charge is 0.322 e. The van der Waals surface area contributed by atoms with Gasteiger partial charge in [0.05, 0.1) is 0 Å². The van der Waals surface area contributed by atoms with E-state index in [9.17, 15) is 4.79 Å². The van der Waals surface area contributed by atoms with Crippen molar-refractivity contribution in [1.29, 1.82) is 0 Å². The van der Waals surface area contributed by atoms with E-state index in [2.05, 4.69) is 33.0 Å². The van der Waals surface area contributed by atoms with Gasteiger partial charge in [0.1, 0.15) is 0 Å². The second-order valence-electron chi connectivity index (χ2n) is 6.25. The molecule has 4 heteroatoms. The summed E-state index contributed by atoms with van der Waals surface area (Å²) in [6.07, 6.45) is 1.00. The Bertz CT molecular complexity index is 499. The van der Waals surface area contributed by atoms with Gasteiger partial charge in [-0.1, -0.05) is 45.4 Å². The zero-order valence-corrected chi connectivity index (χ0v) is 13.4. The van der Waals surface area contributed by atoms with Crippen molar-refractivity contribution >= 4 is 23.3 Å². The first-order valence-electron chi connectivity index (χ1n) is 7.26. The van der Waals surface area contributed by atoms with Crippen LogP contribution in [0.1, 0.15) is 45.6 Å². The third kappa shape index (κ3) is 3.26. The second kappa shape index (κ2) is 6.04. The van der Waals surface area contributed by atoms with Gasteiger partial charge in [0, 0.05) is 23.3 Å². The van der Waals surface area contributed by atoms with Crippen LogP contribution in [0, 0.1) is 5.92 Å². The predicted octanol–water partition coefficient (Wildman–Crippen LogP) is 4.41. The Morgan fingerprint density at radius 1 is 1.35 bits per heavy atom. The van der Waals surface area contributed by atoms with E-state index in [4.69, 9.17) is 11.6 Å². The molecular formula is C16H23ClN2O. The van der Waals surface area contributed by atoms with Gasteiger partial charge in [0.25, 0.3) is 0 Å². The highest BCUT2D eigenvalue weighted by atomic mass is 35.5. The quantitative estimate of drug-likeness (QED) is 0.876. The van der Waals surface area contributed by atoms with Gasteiger partial charge in [-0.3, -0.25) is 4.90 Å². The molecule has 1 aliphatic heterocycles. The van der Waals surface area contributed by atoms with E-state index in [0.29, 0.717) is 18.4 Å². The SMILES string of the molecule is CC(C)CC1CN(c2ccc(C(C)C)c(Cl)c2)C(=O)N1. The summed E-state index contributed by atoms with van der Waals surface area (Å²) in [7, 11) is 0. The Hall–Kier alpha value is -1.22. The van der Waals surface area contributed by atoms with Gasteiger partial charge in [-0.05, 0) is 36.0 Å². The van der Waals surface area contributed by atoms with E-state index < -0.39 is 0 Å². The minimum absolute atomic E-state index is 0.0241. The van der Waals surface area contributed by atoms with Crippen molar-refractivity contribution in [3.05, 3.63) is 28.8 Å². The molecule has 1 aromatic rings. The number of anilines is 1. The molecule has 1 atom stereocenters. The number of benzene rings is 1. The molecule has 20 heavy (non-hydrogen) atoms. The first-order chi connectivity index (χ1) is 9.38. The fourth-order valence-electron chi connectivity index (χ4n) is 2.68. The molecule has 1 unspecified atom stereocenters. The molecular weight excluding hydrogens is 272 g/mol. The first kappa shape index (κ1) is 15.2. The number of halogens is 1. The molecule has 1 heterocycles. The minimum atomic E-state index is -0.0241. The highest BCUT2D eigenvalue weighted by molar-refractivity contribution is 6.31. The third-order valence-corrected chi connectivity index (χ3v) is 3.98. The standard InChI is InChI=1S/C16H23ClN2O/c1-10(2)7-12-9-19(16(20)18-12)13-5-6-14(11(3)4)15(17)8-13/h5-6,8,10-12H,7,9H2,1-4H3,(H,18,20). The maximum Gasteiger partial charge on any atom is 0.322 e. The van der Waals surface area contributed by atoms with Gasteiger partial charge in [-0.25, -0.2) is 4.79 Å². The maximum absolute atomic E-state index is 12.1. The zero-order valence-electron chi connectivity index (χ0n) is 12.6. The molecule has 0 aromatic heterocycles. The Morgan fingerprint density at radius 3 is 2.60 bits per heavy atom. The number of hydrogen-bond acceptors (Lipinski definition) is 1. The first-order valence-corrected chi connectivity index (χ1v) is 7.63. The number of rotatable bonds is 4. The summed E-state index contributed by atoms with van der Waals surface area (Å²) in [6, 6.07) is 6.10. The van der Waals surface area contributed by atoms with Crippen molar-refractivity contribution in [3.8, 4) is 0 Å². The topological polar surface area (TPSA) is 32.3 Å². The van der Waals surface area contributed by atoms with Gasteiger partial charge in [0.2, 0.25) is 0 Å². The van der Waals surface area contributed by atoms with Crippen molar-refractivity contribution in [1.82, 2.24) is 5.32 Å². The van der Waals surface area contributed by atoms with Crippen LogP contribution in [-0.2, 0) is 0 Å². The fraction of sp³-hybridized carbons (Fsp3) is 0.562. The van der Waals surface area contributed by atoms with Crippen molar-refractivity contribution in [2.75, 3.05) is 11.4 Å². The van der Waals surface area contributed by atoms with Gasteiger partial charge in [-0.15, -0.1) is 0 Å². The molecule has 1 aromatic carbocycles. The molecule has 1 N–H and O–H groups in total. The van der Waals surface area contributed by atoms with Crippen LogP contribution in [0.15, 0.2) is 18.2 Å². The lowest BCUT2D eigenvalue weighted by molar-refractivity contribution is 0.250. The number of amides is 2. The van der Waals surface area contributed by atoms with E-state index in [0.717, 1.165) is 22.7 Å². The molecule has 0 aliphatic carbocycles. The summed E-state index contributed by atoms with van der Waals surface area (Å²) in [5.41, 5.74) is 2.00. The van der Waals surface area contributed by atoms with Crippen LogP contribution in [-0.4, -0.2) is 18.6 Å². The molecule has 110 valence electrons. The molecule has 3 nitrogen and oxygen atoms in total. The van der Waals surface area contributed by atoms with Crippen LogP contribution < -0.4 is 10.2 Å². The molecule has 0 spiro atoms. The van der Waals surface area contributed by atoms with Gasteiger partial charge < -0.3 is 5.32 Å². The van der Waals surface area contributed by atoms with E-state index in [1.165, 1.54) is 0 Å². The zero-order chi connectivity index (χ0) is 14.9. The summed E-state index contributed by atoms with van der Waals surface area (Å²) >= 11 is 6.31. The van der Waals surface area contributed by atoms with E-state index >= 15 is 0 Å². The largest absolute Gasteiger partial charge is 0.333 e.